The summed E-state index contributed by atoms with van der Waals surface area (Å²) < 4.78 is 64.1. The summed E-state index contributed by atoms with van der Waals surface area (Å²) in [6.45, 7) is 2.74. The fraction of sp³-hybridized carbons (Fsp3) is 0.407. The van der Waals surface area contributed by atoms with Crippen LogP contribution in [0.25, 0.3) is 11.3 Å². The van der Waals surface area contributed by atoms with Crippen molar-refractivity contribution in [3.05, 3.63) is 77.5 Å². The predicted molar refractivity (Wildman–Crippen MR) is 134 cm³/mol. The lowest BCUT2D eigenvalue weighted by atomic mass is 10.1. The molecule has 4 rings (SSSR count). The Kier molecular flexibility index (Phi) is 9.13. The number of rotatable bonds is 11. The maximum absolute atomic E-state index is 14.6. The third kappa shape index (κ3) is 6.58. The SMILES string of the molecule is C[C@H](c1nc(-c2cc(F)ccc2F)cn1Cc1cccc(F)c1)N(C[C@@H]1CNC[C@@H]1F)C(=O)COCCN. The monoisotopic (exact) mass is 533 g/mol. The number of alkyl halides is 1. The second-order valence-corrected chi connectivity index (χ2v) is 9.36. The van der Waals surface area contributed by atoms with Gasteiger partial charge in [0.15, 0.2) is 0 Å². The van der Waals surface area contributed by atoms with Crippen LogP contribution in [0.4, 0.5) is 17.6 Å². The highest BCUT2D eigenvalue weighted by Gasteiger charge is 2.34. The molecule has 7 nitrogen and oxygen atoms in total. The van der Waals surface area contributed by atoms with E-state index in [0.717, 1.165) is 18.2 Å². The molecule has 1 aliphatic heterocycles. The molecule has 2 aromatic carbocycles. The zero-order chi connectivity index (χ0) is 27.2. The third-order valence-electron chi connectivity index (χ3n) is 6.59. The Hall–Kier alpha value is -3.28. The van der Waals surface area contributed by atoms with E-state index < -0.39 is 35.6 Å². The molecule has 1 fully saturated rings. The molecule has 1 aromatic heterocycles. The van der Waals surface area contributed by atoms with Crippen LogP contribution in [0, 0.1) is 23.4 Å². The number of ether oxygens (including phenoxy) is 1. The van der Waals surface area contributed by atoms with E-state index >= 15 is 0 Å². The molecule has 0 bridgehead atoms. The van der Waals surface area contributed by atoms with E-state index in [1.54, 1.807) is 23.6 Å². The van der Waals surface area contributed by atoms with E-state index in [1.807, 2.05) is 0 Å². The van der Waals surface area contributed by atoms with Gasteiger partial charge >= 0.3 is 0 Å². The molecule has 2 heterocycles. The first-order valence-electron chi connectivity index (χ1n) is 12.5. The number of aromatic nitrogens is 2. The molecular formula is C27H31F4N5O2. The number of carbonyl (C=O) groups excluding carboxylic acids is 1. The van der Waals surface area contributed by atoms with Crippen LogP contribution in [0.1, 0.15) is 24.4 Å². The van der Waals surface area contributed by atoms with Crippen LogP contribution >= 0.6 is 0 Å². The largest absolute Gasteiger partial charge is 0.370 e. The second-order valence-electron chi connectivity index (χ2n) is 9.36. The van der Waals surface area contributed by atoms with Crippen molar-refractivity contribution < 1.29 is 27.1 Å². The van der Waals surface area contributed by atoms with Crippen LogP contribution in [-0.2, 0) is 16.1 Å². The standard InChI is InChI=1S/C27H31F4N5O2/c1-17(36(26(37)16-38-8-7-32)14-19-11-33-12-24(19)31)27-34-25(22-10-21(29)5-6-23(22)30)15-35(27)13-18-3-2-4-20(28)9-18/h2-6,9-10,15,17,19,24,33H,7-8,11-14,16,32H2,1H3/t17-,19+,24+/m1/s1. The first kappa shape index (κ1) is 27.7. The number of nitrogens with two attached hydrogens (primary N) is 1. The Morgan fingerprint density at radius 3 is 2.71 bits per heavy atom. The topological polar surface area (TPSA) is 85.4 Å². The number of imidazole rings is 1. The van der Waals surface area contributed by atoms with E-state index in [9.17, 15) is 22.4 Å². The zero-order valence-corrected chi connectivity index (χ0v) is 21.0. The zero-order valence-electron chi connectivity index (χ0n) is 21.0. The number of halogens is 4. The molecular weight excluding hydrogens is 502 g/mol. The van der Waals surface area contributed by atoms with E-state index in [2.05, 4.69) is 10.3 Å². The van der Waals surface area contributed by atoms with Gasteiger partial charge < -0.3 is 25.3 Å². The summed E-state index contributed by atoms with van der Waals surface area (Å²) in [5.41, 5.74) is 6.18. The van der Waals surface area contributed by atoms with Crippen molar-refractivity contribution >= 4 is 5.91 Å². The molecule has 0 aliphatic carbocycles. The summed E-state index contributed by atoms with van der Waals surface area (Å²) >= 11 is 0. The van der Waals surface area contributed by atoms with Gasteiger partial charge in [0.25, 0.3) is 0 Å². The second kappa shape index (κ2) is 12.5. The predicted octanol–water partition coefficient (Wildman–Crippen LogP) is 3.44. The molecule has 0 unspecified atom stereocenters. The highest BCUT2D eigenvalue weighted by Crippen LogP contribution is 2.29. The van der Waals surface area contributed by atoms with Gasteiger partial charge in [0.2, 0.25) is 5.91 Å². The smallest absolute Gasteiger partial charge is 0.249 e. The van der Waals surface area contributed by atoms with Gasteiger partial charge in [-0.15, -0.1) is 0 Å². The van der Waals surface area contributed by atoms with Crippen LogP contribution in [0.15, 0.2) is 48.7 Å². The number of amides is 1. The minimum Gasteiger partial charge on any atom is -0.370 e. The molecule has 1 aliphatic rings. The molecule has 11 heteroatoms. The Morgan fingerprint density at radius 2 is 2.00 bits per heavy atom. The number of benzene rings is 2. The molecule has 1 saturated heterocycles. The van der Waals surface area contributed by atoms with Gasteiger partial charge in [0.05, 0.1) is 18.3 Å². The maximum Gasteiger partial charge on any atom is 0.249 e. The van der Waals surface area contributed by atoms with Gasteiger partial charge in [-0.2, -0.15) is 0 Å². The molecule has 38 heavy (non-hydrogen) atoms. The molecule has 204 valence electrons. The van der Waals surface area contributed by atoms with Gasteiger partial charge in [-0.25, -0.2) is 22.5 Å². The molecule has 0 radical (unpaired) electrons. The molecule has 3 atom stereocenters. The van der Waals surface area contributed by atoms with Crippen LogP contribution < -0.4 is 11.1 Å². The van der Waals surface area contributed by atoms with E-state index in [0.29, 0.717) is 17.9 Å². The van der Waals surface area contributed by atoms with E-state index in [-0.39, 0.29) is 56.6 Å². The highest BCUT2D eigenvalue weighted by atomic mass is 19.1. The normalized spacial score (nSPS) is 18.1. The van der Waals surface area contributed by atoms with Crippen molar-refractivity contribution in [1.29, 1.82) is 0 Å². The Morgan fingerprint density at radius 1 is 1.21 bits per heavy atom. The number of carbonyl (C=O) groups is 1. The summed E-state index contributed by atoms with van der Waals surface area (Å²) in [5.74, 6) is -2.20. The average Bonchev–Trinajstić information content (AvgIpc) is 3.49. The fourth-order valence-corrected chi connectivity index (χ4v) is 4.62. The third-order valence-corrected chi connectivity index (χ3v) is 6.59. The minimum atomic E-state index is -1.13. The maximum atomic E-state index is 14.6. The van der Waals surface area contributed by atoms with Gasteiger partial charge in [0, 0.05) is 50.4 Å². The van der Waals surface area contributed by atoms with Crippen molar-refractivity contribution in [2.75, 3.05) is 39.4 Å². The number of hydrogen-bond donors (Lipinski definition) is 2. The van der Waals surface area contributed by atoms with Crippen LogP contribution in [-0.4, -0.2) is 65.9 Å². The van der Waals surface area contributed by atoms with Crippen molar-refractivity contribution in [3.8, 4) is 11.3 Å². The van der Waals surface area contributed by atoms with Crippen molar-refractivity contribution in [1.82, 2.24) is 19.8 Å². The Balaban J connectivity index is 1.73. The molecule has 0 spiro atoms. The molecule has 3 aromatic rings. The average molecular weight is 534 g/mol. The summed E-state index contributed by atoms with van der Waals surface area (Å²) in [6, 6.07) is 8.33. The number of nitrogens with one attached hydrogen (secondary N) is 1. The quantitative estimate of drug-likeness (QED) is 0.292. The summed E-state index contributed by atoms with van der Waals surface area (Å²) in [6.07, 6.45) is 0.406. The van der Waals surface area contributed by atoms with Gasteiger partial charge in [0.1, 0.15) is 36.1 Å². The van der Waals surface area contributed by atoms with Crippen molar-refractivity contribution in [3.63, 3.8) is 0 Å². The van der Waals surface area contributed by atoms with E-state index in [4.69, 9.17) is 10.5 Å². The van der Waals surface area contributed by atoms with Gasteiger partial charge in [-0.1, -0.05) is 12.1 Å². The highest BCUT2D eigenvalue weighted by molar-refractivity contribution is 5.78. The summed E-state index contributed by atoms with van der Waals surface area (Å²) in [5, 5.41) is 2.99. The number of nitrogens with zero attached hydrogens (tertiary/aromatic N) is 3. The first-order chi connectivity index (χ1) is 18.3. The Bertz CT molecular complexity index is 1250. The molecule has 1 amide bonds. The van der Waals surface area contributed by atoms with Crippen molar-refractivity contribution in [2.45, 2.75) is 25.7 Å². The number of hydrogen-bond acceptors (Lipinski definition) is 5. The van der Waals surface area contributed by atoms with Crippen LogP contribution in [0.2, 0.25) is 0 Å². The molecule has 0 saturated carbocycles. The van der Waals surface area contributed by atoms with Gasteiger partial charge in [-0.05, 0) is 42.8 Å². The molecule has 3 N–H and O–H groups in total. The first-order valence-corrected chi connectivity index (χ1v) is 12.5. The van der Waals surface area contributed by atoms with Crippen LogP contribution in [0.3, 0.4) is 0 Å². The van der Waals surface area contributed by atoms with E-state index in [1.165, 1.54) is 23.2 Å². The summed E-state index contributed by atoms with van der Waals surface area (Å²) in [7, 11) is 0. The Labute approximate surface area is 218 Å². The van der Waals surface area contributed by atoms with Crippen LogP contribution in [0.5, 0.6) is 0 Å². The minimum absolute atomic E-state index is 0.0515. The van der Waals surface area contributed by atoms with Gasteiger partial charge in [-0.3, -0.25) is 4.79 Å². The lowest BCUT2D eigenvalue weighted by Crippen LogP contribution is -2.42. The fourth-order valence-electron chi connectivity index (χ4n) is 4.62. The lowest BCUT2D eigenvalue weighted by Gasteiger charge is -2.32. The lowest BCUT2D eigenvalue weighted by molar-refractivity contribution is -0.139. The summed E-state index contributed by atoms with van der Waals surface area (Å²) in [4.78, 5) is 19.3. The van der Waals surface area contributed by atoms with Crippen molar-refractivity contribution in [2.24, 2.45) is 11.7 Å².